The Kier molecular flexibility index (Phi) is 8.27. The minimum absolute atomic E-state index is 0.147. The average molecular weight is 279 g/mol. The van der Waals surface area contributed by atoms with Gasteiger partial charge in [0.05, 0.1) is 5.69 Å². The summed E-state index contributed by atoms with van der Waals surface area (Å²) in [5, 5.41) is 0. The summed E-state index contributed by atoms with van der Waals surface area (Å²) < 4.78 is 10.5. The molecule has 112 valence electrons. The number of hydrogen-bond acceptors (Lipinski definition) is 4. The summed E-state index contributed by atoms with van der Waals surface area (Å²) in [6, 6.07) is 7.28. The lowest BCUT2D eigenvalue weighted by atomic mass is 10.1. The highest BCUT2D eigenvalue weighted by molar-refractivity contribution is 5.69. The van der Waals surface area contributed by atoms with Crippen molar-refractivity contribution in [2.75, 3.05) is 18.9 Å². The Balaban J connectivity index is 2.03. The summed E-state index contributed by atoms with van der Waals surface area (Å²) in [5.74, 6) is 0.481. The number of anilines is 1. The molecule has 0 aliphatic heterocycles. The maximum atomic E-state index is 11.5. The first-order valence-electron chi connectivity index (χ1n) is 7.37. The number of rotatable bonds is 10. The van der Waals surface area contributed by atoms with Crippen LogP contribution >= 0.6 is 0 Å². The molecule has 0 saturated heterocycles. The molecule has 0 aromatic heterocycles. The van der Waals surface area contributed by atoms with Gasteiger partial charge < -0.3 is 15.2 Å². The van der Waals surface area contributed by atoms with Gasteiger partial charge >= 0.3 is 5.97 Å². The smallest absolute Gasteiger partial charge is 0.305 e. The van der Waals surface area contributed by atoms with E-state index >= 15 is 0 Å². The number of unbranched alkanes of at least 4 members (excludes halogenated alkanes) is 4. The molecule has 4 heteroatoms. The van der Waals surface area contributed by atoms with Crippen molar-refractivity contribution in [3.8, 4) is 5.75 Å². The minimum Gasteiger partial charge on any atom is -0.488 e. The molecule has 0 amide bonds. The van der Waals surface area contributed by atoms with E-state index in [2.05, 4.69) is 6.92 Å². The van der Waals surface area contributed by atoms with Gasteiger partial charge in [-0.3, -0.25) is 4.79 Å². The van der Waals surface area contributed by atoms with E-state index in [1.165, 1.54) is 19.3 Å². The molecule has 0 spiro atoms. The van der Waals surface area contributed by atoms with E-state index in [-0.39, 0.29) is 12.6 Å². The highest BCUT2D eigenvalue weighted by Gasteiger charge is 2.03. The van der Waals surface area contributed by atoms with Crippen LogP contribution in [0, 0.1) is 0 Å². The molecule has 0 aliphatic carbocycles. The number of carbonyl (C=O) groups is 1. The van der Waals surface area contributed by atoms with Crippen LogP contribution in [-0.4, -0.2) is 19.2 Å². The van der Waals surface area contributed by atoms with Crippen molar-refractivity contribution in [1.82, 2.24) is 0 Å². The van der Waals surface area contributed by atoms with Crippen molar-refractivity contribution < 1.29 is 14.3 Å². The highest BCUT2D eigenvalue weighted by Crippen LogP contribution is 2.19. The molecule has 1 aromatic carbocycles. The SMILES string of the molecule is CCCCCCCC(=O)OCCOc1ccccc1N. The van der Waals surface area contributed by atoms with E-state index in [4.69, 9.17) is 15.2 Å². The Bertz CT molecular complexity index is 393. The summed E-state index contributed by atoms with van der Waals surface area (Å²) in [6.45, 7) is 2.77. The first kappa shape index (κ1) is 16.3. The first-order chi connectivity index (χ1) is 9.74. The van der Waals surface area contributed by atoms with Crippen LogP contribution in [0.15, 0.2) is 24.3 Å². The van der Waals surface area contributed by atoms with Crippen LogP contribution in [0.3, 0.4) is 0 Å². The summed E-state index contributed by atoms with van der Waals surface area (Å²) in [4.78, 5) is 11.5. The predicted octanol–water partition coefficient (Wildman–Crippen LogP) is 3.55. The van der Waals surface area contributed by atoms with Crippen molar-refractivity contribution in [2.24, 2.45) is 0 Å². The van der Waals surface area contributed by atoms with Gasteiger partial charge in [-0.05, 0) is 18.6 Å². The Morgan fingerprint density at radius 1 is 1.10 bits per heavy atom. The molecule has 0 bridgehead atoms. The second-order valence-electron chi connectivity index (χ2n) is 4.77. The molecular formula is C16H25NO3. The largest absolute Gasteiger partial charge is 0.488 e. The second-order valence-corrected chi connectivity index (χ2v) is 4.77. The number of hydrogen-bond donors (Lipinski definition) is 1. The Labute approximate surface area is 121 Å². The van der Waals surface area contributed by atoms with E-state index in [1.807, 2.05) is 12.1 Å². The molecule has 0 atom stereocenters. The van der Waals surface area contributed by atoms with Gasteiger partial charge in [-0.2, -0.15) is 0 Å². The standard InChI is InChI=1S/C16H25NO3/c1-2-3-4-5-6-11-16(18)20-13-12-19-15-10-8-7-9-14(15)17/h7-10H,2-6,11-13,17H2,1H3. The second kappa shape index (κ2) is 10.1. The molecule has 1 rings (SSSR count). The number of nitrogen functional groups attached to an aromatic ring is 1. The van der Waals surface area contributed by atoms with Gasteiger partial charge in [-0.1, -0.05) is 44.7 Å². The number of nitrogens with two attached hydrogens (primary N) is 1. The van der Waals surface area contributed by atoms with E-state index in [9.17, 15) is 4.79 Å². The molecule has 1 aromatic rings. The van der Waals surface area contributed by atoms with Crippen LogP contribution in [0.1, 0.15) is 45.4 Å². The lowest BCUT2D eigenvalue weighted by Gasteiger charge is -2.09. The Morgan fingerprint density at radius 2 is 1.85 bits per heavy atom. The van der Waals surface area contributed by atoms with Gasteiger partial charge in [0.2, 0.25) is 0 Å². The molecule has 0 saturated carbocycles. The third kappa shape index (κ3) is 7.02. The summed E-state index contributed by atoms with van der Waals surface area (Å²) >= 11 is 0. The Hall–Kier alpha value is -1.71. The Morgan fingerprint density at radius 3 is 2.60 bits per heavy atom. The maximum absolute atomic E-state index is 11.5. The number of benzene rings is 1. The minimum atomic E-state index is -0.147. The van der Waals surface area contributed by atoms with E-state index in [0.717, 1.165) is 12.8 Å². The average Bonchev–Trinajstić information content (AvgIpc) is 2.45. The number of ether oxygens (including phenoxy) is 2. The molecular weight excluding hydrogens is 254 g/mol. The third-order valence-electron chi connectivity index (χ3n) is 3.01. The van der Waals surface area contributed by atoms with Crippen molar-refractivity contribution >= 4 is 11.7 Å². The fraction of sp³-hybridized carbons (Fsp3) is 0.562. The molecule has 0 unspecified atom stereocenters. The number of carbonyl (C=O) groups excluding carboxylic acids is 1. The highest BCUT2D eigenvalue weighted by atomic mass is 16.6. The summed E-state index contributed by atoms with van der Waals surface area (Å²) in [7, 11) is 0. The van der Waals surface area contributed by atoms with Crippen molar-refractivity contribution in [3.63, 3.8) is 0 Å². The van der Waals surface area contributed by atoms with Crippen LogP contribution in [0.2, 0.25) is 0 Å². The van der Waals surface area contributed by atoms with Gasteiger partial charge in [0.1, 0.15) is 19.0 Å². The topological polar surface area (TPSA) is 61.5 Å². The molecule has 0 fully saturated rings. The van der Waals surface area contributed by atoms with Gasteiger partial charge in [0, 0.05) is 6.42 Å². The first-order valence-corrected chi connectivity index (χ1v) is 7.37. The number of esters is 1. The quantitative estimate of drug-likeness (QED) is 0.404. The van der Waals surface area contributed by atoms with E-state index < -0.39 is 0 Å². The predicted molar refractivity (Wildman–Crippen MR) is 80.7 cm³/mol. The van der Waals surface area contributed by atoms with Gasteiger partial charge in [0.25, 0.3) is 0 Å². The fourth-order valence-corrected chi connectivity index (χ4v) is 1.86. The molecule has 0 radical (unpaired) electrons. The third-order valence-corrected chi connectivity index (χ3v) is 3.01. The normalized spacial score (nSPS) is 10.2. The van der Waals surface area contributed by atoms with Crippen LogP contribution in [-0.2, 0) is 9.53 Å². The lowest BCUT2D eigenvalue weighted by Crippen LogP contribution is -2.12. The van der Waals surface area contributed by atoms with Gasteiger partial charge in [0.15, 0.2) is 0 Å². The van der Waals surface area contributed by atoms with Crippen LogP contribution in [0.4, 0.5) is 5.69 Å². The zero-order valence-electron chi connectivity index (χ0n) is 12.3. The summed E-state index contributed by atoms with van der Waals surface area (Å²) in [5.41, 5.74) is 6.33. The van der Waals surface area contributed by atoms with Crippen molar-refractivity contribution in [2.45, 2.75) is 45.4 Å². The van der Waals surface area contributed by atoms with Crippen LogP contribution < -0.4 is 10.5 Å². The maximum Gasteiger partial charge on any atom is 0.305 e. The molecule has 0 aliphatic rings. The van der Waals surface area contributed by atoms with E-state index in [1.54, 1.807) is 12.1 Å². The monoisotopic (exact) mass is 279 g/mol. The van der Waals surface area contributed by atoms with Crippen molar-refractivity contribution in [3.05, 3.63) is 24.3 Å². The molecule has 0 heterocycles. The zero-order valence-corrected chi connectivity index (χ0v) is 12.3. The van der Waals surface area contributed by atoms with E-state index in [0.29, 0.717) is 24.5 Å². The van der Waals surface area contributed by atoms with Gasteiger partial charge in [-0.25, -0.2) is 0 Å². The fourth-order valence-electron chi connectivity index (χ4n) is 1.86. The van der Waals surface area contributed by atoms with Crippen molar-refractivity contribution in [1.29, 1.82) is 0 Å². The lowest BCUT2D eigenvalue weighted by molar-refractivity contribution is -0.144. The van der Waals surface area contributed by atoms with Gasteiger partial charge in [-0.15, -0.1) is 0 Å². The van der Waals surface area contributed by atoms with Crippen LogP contribution in [0.25, 0.3) is 0 Å². The molecule has 2 N–H and O–H groups in total. The molecule has 20 heavy (non-hydrogen) atoms. The molecule has 4 nitrogen and oxygen atoms in total. The number of para-hydroxylation sites is 2. The summed E-state index contributed by atoms with van der Waals surface area (Å²) in [6.07, 6.45) is 6.15. The zero-order chi connectivity index (χ0) is 14.6. The van der Waals surface area contributed by atoms with Crippen LogP contribution in [0.5, 0.6) is 5.75 Å².